The number of fused-ring (bicyclic) bond motifs is 5. The molecule has 3 aliphatic rings. The largest absolute Gasteiger partial charge is 0.325 e. The van der Waals surface area contributed by atoms with Crippen LogP contribution >= 0.6 is 11.6 Å². The number of aromatic amines is 2. The van der Waals surface area contributed by atoms with Gasteiger partial charge in [-0.1, -0.05) is 16.8 Å². The van der Waals surface area contributed by atoms with Crippen molar-refractivity contribution in [1.82, 2.24) is 50.3 Å². The van der Waals surface area contributed by atoms with Gasteiger partial charge in [0.05, 0.1) is 15.8 Å². The second-order valence-electron chi connectivity index (χ2n) is 8.90. The van der Waals surface area contributed by atoms with Gasteiger partial charge in [0.15, 0.2) is 23.1 Å². The molecule has 5 aromatic rings. The minimum Gasteiger partial charge on any atom is -0.325 e. The first kappa shape index (κ1) is 19.0. The lowest BCUT2D eigenvalue weighted by Crippen LogP contribution is -2.40. The minimum atomic E-state index is -0.343. The van der Waals surface area contributed by atoms with Crippen LogP contribution in [-0.4, -0.2) is 50.3 Å². The predicted molar refractivity (Wildman–Crippen MR) is 117 cm³/mol. The quantitative estimate of drug-likeness (QED) is 0.415. The Bertz CT molecular complexity index is 1480. The molecule has 33 heavy (non-hydrogen) atoms. The van der Waals surface area contributed by atoms with Crippen molar-refractivity contribution in [3.05, 3.63) is 41.3 Å². The standard InChI is InChI=1S/C21H18ClFN10/c22-11-5-12-16(27-28-18(12)24-6-11)20-25-7-13-14(23)8-33(21(13)26-20)17-10-3-1-9(2-4-10)15(17)19-29-31-32-30-19/h5-10,15,17H,1-4H2,(H,24,27,28)(H,29,30,31,32)/t9?,10?,15-,17-/m0/s1. The van der Waals surface area contributed by atoms with Crippen LogP contribution in [0.4, 0.5) is 4.39 Å². The third-order valence-electron chi connectivity index (χ3n) is 7.28. The predicted octanol–water partition coefficient (Wildman–Crippen LogP) is 3.82. The molecule has 0 aromatic carbocycles. The molecule has 0 spiro atoms. The van der Waals surface area contributed by atoms with Gasteiger partial charge in [-0.15, -0.1) is 10.2 Å². The molecule has 0 aliphatic heterocycles. The molecule has 10 nitrogen and oxygen atoms in total. The second-order valence-corrected chi connectivity index (χ2v) is 9.34. The summed E-state index contributed by atoms with van der Waals surface area (Å²) >= 11 is 6.14. The van der Waals surface area contributed by atoms with Gasteiger partial charge in [-0.25, -0.2) is 19.3 Å². The van der Waals surface area contributed by atoms with E-state index in [1.807, 2.05) is 4.57 Å². The smallest absolute Gasteiger partial charge is 0.181 e. The summed E-state index contributed by atoms with van der Waals surface area (Å²) < 4.78 is 17.0. The normalized spacial score (nSPS) is 24.8. The van der Waals surface area contributed by atoms with Crippen molar-refractivity contribution in [2.75, 3.05) is 0 Å². The van der Waals surface area contributed by atoms with Gasteiger partial charge in [0, 0.05) is 30.6 Å². The van der Waals surface area contributed by atoms with E-state index in [0.29, 0.717) is 56.3 Å². The number of halogens is 2. The Morgan fingerprint density at radius 2 is 1.88 bits per heavy atom. The van der Waals surface area contributed by atoms with Crippen molar-refractivity contribution in [2.24, 2.45) is 11.8 Å². The van der Waals surface area contributed by atoms with E-state index in [0.717, 1.165) is 25.7 Å². The van der Waals surface area contributed by atoms with Crippen molar-refractivity contribution in [3.8, 4) is 11.5 Å². The van der Waals surface area contributed by atoms with E-state index in [1.54, 1.807) is 12.3 Å². The van der Waals surface area contributed by atoms with Gasteiger partial charge in [0.2, 0.25) is 0 Å². The van der Waals surface area contributed by atoms with E-state index < -0.39 is 0 Å². The summed E-state index contributed by atoms with van der Waals surface area (Å²) in [6.45, 7) is 0. The lowest BCUT2D eigenvalue weighted by Gasteiger charge is -2.48. The number of nitrogens with one attached hydrogen (secondary N) is 2. The molecule has 2 atom stereocenters. The fourth-order valence-corrected chi connectivity index (χ4v) is 6.03. The molecule has 3 fully saturated rings. The Morgan fingerprint density at radius 1 is 1.03 bits per heavy atom. The van der Waals surface area contributed by atoms with Crippen molar-refractivity contribution in [3.63, 3.8) is 0 Å². The molecule has 0 saturated heterocycles. The topological polar surface area (TPSA) is 127 Å². The Morgan fingerprint density at radius 3 is 2.70 bits per heavy atom. The van der Waals surface area contributed by atoms with E-state index in [4.69, 9.17) is 16.6 Å². The van der Waals surface area contributed by atoms with Crippen LogP contribution in [-0.2, 0) is 0 Å². The zero-order chi connectivity index (χ0) is 22.1. The third-order valence-corrected chi connectivity index (χ3v) is 7.49. The van der Waals surface area contributed by atoms with Crippen molar-refractivity contribution in [1.29, 1.82) is 0 Å². The van der Waals surface area contributed by atoms with E-state index in [2.05, 4.69) is 40.8 Å². The van der Waals surface area contributed by atoms with Crippen molar-refractivity contribution >= 4 is 33.7 Å². The van der Waals surface area contributed by atoms with E-state index in [9.17, 15) is 0 Å². The molecule has 3 saturated carbocycles. The molecular formula is C21H18ClFN10. The summed E-state index contributed by atoms with van der Waals surface area (Å²) in [5.41, 5.74) is 1.65. The molecule has 0 radical (unpaired) electrons. The number of H-pyrrole nitrogens is 2. The molecule has 3 aliphatic carbocycles. The maximum absolute atomic E-state index is 15.1. The average molecular weight is 465 g/mol. The van der Waals surface area contributed by atoms with Crippen LogP contribution in [0.3, 0.4) is 0 Å². The number of nitrogens with zero attached hydrogens (tertiary/aromatic N) is 8. The lowest BCUT2D eigenvalue weighted by atomic mass is 9.61. The van der Waals surface area contributed by atoms with Gasteiger partial charge >= 0.3 is 0 Å². The first-order valence-electron chi connectivity index (χ1n) is 10.9. The number of tetrazole rings is 1. The maximum atomic E-state index is 15.1. The van der Waals surface area contributed by atoms with Gasteiger partial charge in [0.1, 0.15) is 11.3 Å². The third kappa shape index (κ3) is 2.81. The highest BCUT2D eigenvalue weighted by atomic mass is 35.5. The minimum absolute atomic E-state index is 0.000489. The number of pyridine rings is 1. The summed E-state index contributed by atoms with van der Waals surface area (Å²) in [7, 11) is 0. The molecule has 166 valence electrons. The fourth-order valence-electron chi connectivity index (χ4n) is 5.88. The molecule has 5 heterocycles. The van der Waals surface area contributed by atoms with Gasteiger partial charge in [-0.2, -0.15) is 10.3 Å². The zero-order valence-electron chi connectivity index (χ0n) is 17.3. The number of rotatable bonds is 3. The van der Waals surface area contributed by atoms with E-state index in [-0.39, 0.29) is 17.8 Å². The molecule has 2 bridgehead atoms. The van der Waals surface area contributed by atoms with Gasteiger partial charge in [-0.3, -0.25) is 5.10 Å². The molecular weight excluding hydrogens is 447 g/mol. The first-order valence-corrected chi connectivity index (χ1v) is 11.3. The maximum Gasteiger partial charge on any atom is 0.181 e. The molecule has 5 aromatic heterocycles. The van der Waals surface area contributed by atoms with E-state index in [1.165, 1.54) is 12.4 Å². The molecule has 0 amide bonds. The number of hydrogen-bond donors (Lipinski definition) is 2. The molecule has 8 rings (SSSR count). The molecule has 12 heteroatoms. The average Bonchev–Trinajstić information content (AvgIpc) is 3.58. The van der Waals surface area contributed by atoms with Gasteiger partial charge in [0.25, 0.3) is 0 Å². The SMILES string of the molecule is Fc1cn([C@H]2C3CCC(CC3)[C@@H]2c2nn[nH]n2)c2nc(-c3[nH]nc4ncc(Cl)cc34)ncc12. The van der Waals surface area contributed by atoms with Crippen LogP contribution in [0.25, 0.3) is 33.6 Å². The molecule has 0 unspecified atom stereocenters. The van der Waals surface area contributed by atoms with Crippen LogP contribution < -0.4 is 0 Å². The van der Waals surface area contributed by atoms with Crippen molar-refractivity contribution < 1.29 is 4.39 Å². The number of aromatic nitrogens is 10. The highest BCUT2D eigenvalue weighted by Gasteiger charge is 2.47. The van der Waals surface area contributed by atoms with Crippen LogP contribution in [0.15, 0.2) is 24.7 Å². The van der Waals surface area contributed by atoms with Crippen molar-refractivity contribution in [2.45, 2.75) is 37.6 Å². The van der Waals surface area contributed by atoms with Crippen LogP contribution in [0.5, 0.6) is 0 Å². The highest BCUT2D eigenvalue weighted by Crippen LogP contribution is 2.55. The summed E-state index contributed by atoms with van der Waals surface area (Å²) in [6, 6.07) is 1.77. The van der Waals surface area contributed by atoms with E-state index >= 15 is 4.39 Å². The fraction of sp³-hybridized carbons (Fsp3) is 0.381. The lowest BCUT2D eigenvalue weighted by molar-refractivity contribution is 0.0724. The summed E-state index contributed by atoms with van der Waals surface area (Å²) in [4.78, 5) is 13.4. The second kappa shape index (κ2) is 7.01. The molecule has 2 N–H and O–H groups in total. The van der Waals surface area contributed by atoms with Crippen LogP contribution in [0, 0.1) is 17.7 Å². The zero-order valence-corrected chi connectivity index (χ0v) is 18.0. The summed E-state index contributed by atoms with van der Waals surface area (Å²) in [6.07, 6.45) is 9.04. The van der Waals surface area contributed by atoms with Gasteiger partial charge < -0.3 is 4.57 Å². The van der Waals surface area contributed by atoms with Gasteiger partial charge in [-0.05, 0) is 43.6 Å². The Balaban J connectivity index is 1.41. The Kier molecular flexibility index (Phi) is 4.05. The summed E-state index contributed by atoms with van der Waals surface area (Å²) in [5, 5.41) is 23.7. The first-order chi connectivity index (χ1) is 16.2. The summed E-state index contributed by atoms with van der Waals surface area (Å²) in [5.74, 6) is 1.63. The Labute approximate surface area is 191 Å². The number of hydrogen-bond acceptors (Lipinski definition) is 7. The highest BCUT2D eigenvalue weighted by molar-refractivity contribution is 6.31. The monoisotopic (exact) mass is 464 g/mol. The Hall–Kier alpha value is -3.47. The van der Waals surface area contributed by atoms with Crippen LogP contribution in [0.1, 0.15) is 43.5 Å². The van der Waals surface area contributed by atoms with Crippen LogP contribution in [0.2, 0.25) is 5.02 Å².